The van der Waals surface area contributed by atoms with Crippen molar-refractivity contribution in [1.29, 1.82) is 0 Å². The summed E-state index contributed by atoms with van der Waals surface area (Å²) < 4.78 is 33.8. The highest BCUT2D eigenvalue weighted by Crippen LogP contribution is 2.27. The van der Waals surface area contributed by atoms with E-state index in [2.05, 4.69) is 5.32 Å². The van der Waals surface area contributed by atoms with E-state index in [-0.39, 0.29) is 29.1 Å². The molecule has 3 aromatic carbocycles. The standard InChI is InChI=1S/C29H34ClN3O5S/c1-5-27(29(35)31-21(2)3)32(19-22-14-16-25(38-4)17-15-22)28(34)20-33(24-11-9-10-23(30)18-24)39(36,37)26-12-7-6-8-13-26/h6-18,21,27H,5,19-20H2,1-4H3,(H,31,35)/t27-/m1/s1. The maximum Gasteiger partial charge on any atom is 0.264 e. The quantitative estimate of drug-likeness (QED) is 0.334. The minimum Gasteiger partial charge on any atom is -0.497 e. The molecule has 10 heteroatoms. The number of sulfonamides is 1. The molecule has 1 atom stereocenters. The van der Waals surface area contributed by atoms with Crippen molar-refractivity contribution in [2.75, 3.05) is 18.0 Å². The van der Waals surface area contributed by atoms with Gasteiger partial charge in [0.1, 0.15) is 18.3 Å². The Bertz CT molecular complexity index is 1370. The number of nitrogens with zero attached hydrogens (tertiary/aromatic N) is 2. The van der Waals surface area contributed by atoms with E-state index >= 15 is 0 Å². The van der Waals surface area contributed by atoms with Gasteiger partial charge in [-0.1, -0.05) is 54.9 Å². The third kappa shape index (κ3) is 7.74. The van der Waals surface area contributed by atoms with Crippen LogP contribution in [0.15, 0.2) is 83.8 Å². The Morgan fingerprint density at radius 1 is 0.974 bits per heavy atom. The number of methoxy groups -OCH3 is 1. The molecule has 39 heavy (non-hydrogen) atoms. The Morgan fingerprint density at radius 2 is 1.64 bits per heavy atom. The number of amides is 2. The molecule has 1 N–H and O–H groups in total. The van der Waals surface area contributed by atoms with Crippen LogP contribution in [0, 0.1) is 0 Å². The molecule has 3 aromatic rings. The molecule has 0 spiro atoms. The highest BCUT2D eigenvalue weighted by atomic mass is 35.5. The number of hydrogen-bond acceptors (Lipinski definition) is 5. The van der Waals surface area contributed by atoms with Crippen molar-refractivity contribution in [3.8, 4) is 5.75 Å². The number of nitrogens with one attached hydrogen (secondary N) is 1. The fourth-order valence-electron chi connectivity index (χ4n) is 4.11. The molecule has 0 heterocycles. The van der Waals surface area contributed by atoms with Crippen LogP contribution in [0.1, 0.15) is 32.8 Å². The van der Waals surface area contributed by atoms with Gasteiger partial charge in [0, 0.05) is 17.6 Å². The van der Waals surface area contributed by atoms with E-state index < -0.39 is 28.5 Å². The predicted octanol–water partition coefficient (Wildman–Crippen LogP) is 4.88. The maximum atomic E-state index is 14.0. The summed E-state index contributed by atoms with van der Waals surface area (Å²) in [6.07, 6.45) is 0.336. The van der Waals surface area contributed by atoms with Crippen molar-refractivity contribution in [3.05, 3.63) is 89.4 Å². The second-order valence-corrected chi connectivity index (χ2v) is 11.6. The average Bonchev–Trinajstić information content (AvgIpc) is 2.91. The number of ether oxygens (including phenoxy) is 1. The molecule has 0 bridgehead atoms. The van der Waals surface area contributed by atoms with Crippen molar-refractivity contribution in [2.45, 2.75) is 50.7 Å². The molecule has 0 saturated heterocycles. The molecular weight excluding hydrogens is 538 g/mol. The maximum absolute atomic E-state index is 14.0. The van der Waals surface area contributed by atoms with Crippen LogP contribution in [0.2, 0.25) is 5.02 Å². The second kappa shape index (κ2) is 13.5. The van der Waals surface area contributed by atoms with Crippen LogP contribution in [0.25, 0.3) is 0 Å². The van der Waals surface area contributed by atoms with Crippen LogP contribution < -0.4 is 14.4 Å². The summed E-state index contributed by atoms with van der Waals surface area (Å²) in [6.45, 7) is 5.07. The Hall–Kier alpha value is -3.56. The van der Waals surface area contributed by atoms with Gasteiger partial charge in [-0.25, -0.2) is 8.42 Å². The molecule has 3 rings (SSSR count). The summed E-state index contributed by atoms with van der Waals surface area (Å²) in [6, 6.07) is 20.4. The van der Waals surface area contributed by atoms with Gasteiger partial charge in [0.05, 0.1) is 17.7 Å². The fourth-order valence-corrected chi connectivity index (χ4v) is 5.72. The third-order valence-electron chi connectivity index (χ3n) is 6.04. The van der Waals surface area contributed by atoms with Gasteiger partial charge in [-0.05, 0) is 68.3 Å². The topological polar surface area (TPSA) is 96.0 Å². The van der Waals surface area contributed by atoms with Crippen LogP contribution in [-0.2, 0) is 26.2 Å². The first-order valence-electron chi connectivity index (χ1n) is 12.6. The number of rotatable bonds is 12. The second-order valence-electron chi connectivity index (χ2n) is 9.26. The monoisotopic (exact) mass is 571 g/mol. The van der Waals surface area contributed by atoms with Crippen LogP contribution in [0.5, 0.6) is 5.75 Å². The number of anilines is 1. The number of benzene rings is 3. The van der Waals surface area contributed by atoms with Crippen LogP contribution in [0.4, 0.5) is 5.69 Å². The van der Waals surface area contributed by atoms with E-state index in [1.54, 1.807) is 55.6 Å². The zero-order chi connectivity index (χ0) is 28.6. The van der Waals surface area contributed by atoms with Gasteiger partial charge in [-0.15, -0.1) is 0 Å². The number of halogens is 1. The summed E-state index contributed by atoms with van der Waals surface area (Å²) in [7, 11) is -2.58. The average molecular weight is 572 g/mol. The Labute approximate surface area is 235 Å². The minimum atomic E-state index is -4.14. The van der Waals surface area contributed by atoms with E-state index in [1.807, 2.05) is 32.9 Å². The lowest BCUT2D eigenvalue weighted by Crippen LogP contribution is -2.53. The fraction of sp³-hybridized carbons (Fsp3) is 0.310. The number of carbonyl (C=O) groups is 2. The molecule has 0 fully saturated rings. The van der Waals surface area contributed by atoms with E-state index in [4.69, 9.17) is 16.3 Å². The van der Waals surface area contributed by atoms with Crippen molar-refractivity contribution in [1.82, 2.24) is 10.2 Å². The molecule has 0 unspecified atom stereocenters. The summed E-state index contributed by atoms with van der Waals surface area (Å²) in [5.41, 5.74) is 1.00. The largest absolute Gasteiger partial charge is 0.497 e. The van der Waals surface area contributed by atoms with E-state index in [0.717, 1.165) is 9.87 Å². The zero-order valence-electron chi connectivity index (χ0n) is 22.5. The number of hydrogen-bond donors (Lipinski definition) is 1. The summed E-state index contributed by atoms with van der Waals surface area (Å²) in [5, 5.41) is 3.20. The van der Waals surface area contributed by atoms with Crippen molar-refractivity contribution in [2.24, 2.45) is 0 Å². The molecule has 0 saturated carbocycles. The molecule has 8 nitrogen and oxygen atoms in total. The first-order chi connectivity index (χ1) is 18.6. The SMILES string of the molecule is CC[C@H](C(=O)NC(C)C)N(Cc1ccc(OC)cc1)C(=O)CN(c1cccc(Cl)c1)S(=O)(=O)c1ccccc1. The van der Waals surface area contributed by atoms with Gasteiger partial charge >= 0.3 is 0 Å². The predicted molar refractivity (Wildman–Crippen MR) is 153 cm³/mol. The van der Waals surface area contributed by atoms with E-state index in [9.17, 15) is 18.0 Å². The lowest BCUT2D eigenvalue weighted by Gasteiger charge is -2.33. The molecule has 0 aliphatic carbocycles. The molecule has 0 aliphatic heterocycles. The first kappa shape index (κ1) is 30.0. The summed E-state index contributed by atoms with van der Waals surface area (Å²) >= 11 is 6.20. The highest BCUT2D eigenvalue weighted by Gasteiger charge is 2.33. The summed E-state index contributed by atoms with van der Waals surface area (Å²) in [5.74, 6) is -0.187. The smallest absolute Gasteiger partial charge is 0.264 e. The lowest BCUT2D eigenvalue weighted by atomic mass is 10.1. The van der Waals surface area contributed by atoms with Crippen LogP contribution in [0.3, 0.4) is 0 Å². The minimum absolute atomic E-state index is 0.0315. The highest BCUT2D eigenvalue weighted by molar-refractivity contribution is 7.92. The van der Waals surface area contributed by atoms with Crippen molar-refractivity contribution >= 4 is 39.1 Å². The first-order valence-corrected chi connectivity index (χ1v) is 14.4. The third-order valence-corrected chi connectivity index (χ3v) is 8.06. The summed E-state index contributed by atoms with van der Waals surface area (Å²) in [4.78, 5) is 28.6. The molecule has 0 aliphatic rings. The Kier molecular flexibility index (Phi) is 10.4. The molecule has 0 radical (unpaired) electrons. The van der Waals surface area contributed by atoms with Crippen LogP contribution in [-0.4, -0.2) is 50.9 Å². The normalized spacial score (nSPS) is 12.1. The molecule has 0 aromatic heterocycles. The Morgan fingerprint density at radius 3 is 2.21 bits per heavy atom. The molecule has 2 amide bonds. The van der Waals surface area contributed by atoms with Gasteiger partial charge < -0.3 is 15.0 Å². The molecular formula is C29H34ClN3O5S. The number of carbonyl (C=O) groups excluding carboxylic acids is 2. The lowest BCUT2D eigenvalue weighted by molar-refractivity contribution is -0.140. The van der Waals surface area contributed by atoms with Gasteiger partial charge in [-0.3, -0.25) is 13.9 Å². The van der Waals surface area contributed by atoms with Crippen molar-refractivity contribution in [3.63, 3.8) is 0 Å². The van der Waals surface area contributed by atoms with Gasteiger partial charge in [0.2, 0.25) is 11.8 Å². The van der Waals surface area contributed by atoms with Crippen LogP contribution >= 0.6 is 11.6 Å². The molecule has 208 valence electrons. The van der Waals surface area contributed by atoms with Gasteiger partial charge in [0.15, 0.2) is 0 Å². The van der Waals surface area contributed by atoms with Gasteiger partial charge in [0.25, 0.3) is 10.0 Å². The van der Waals surface area contributed by atoms with E-state index in [1.165, 1.54) is 23.1 Å². The van der Waals surface area contributed by atoms with Crippen molar-refractivity contribution < 1.29 is 22.7 Å². The Balaban J connectivity index is 2.04. The van der Waals surface area contributed by atoms with E-state index in [0.29, 0.717) is 17.2 Å². The zero-order valence-corrected chi connectivity index (χ0v) is 24.1. The van der Waals surface area contributed by atoms with Gasteiger partial charge in [-0.2, -0.15) is 0 Å².